The van der Waals surface area contributed by atoms with E-state index in [0.717, 1.165) is 37.3 Å². The van der Waals surface area contributed by atoms with E-state index in [1.807, 2.05) is 17.0 Å². The Hall–Kier alpha value is -2.14. The molecule has 1 aromatic rings. The van der Waals surface area contributed by atoms with Gasteiger partial charge in [-0.25, -0.2) is 4.79 Å². The molecule has 0 aromatic heterocycles. The van der Waals surface area contributed by atoms with Gasteiger partial charge in [0.2, 0.25) is 5.91 Å². The SMILES string of the molecule is CCN(CC)C(=O)CNC12CCCC1C1CCC3C(C)(CCC4C(C)(C)C(c5ccc(C(=O)O)cc5)=CCC43C)C1CC2. The Kier molecular flexibility index (Phi) is 7.92. The highest BCUT2D eigenvalue weighted by atomic mass is 16.4. The minimum Gasteiger partial charge on any atom is -0.478 e. The number of nitrogens with zero attached hydrogens (tertiary/aromatic N) is 1. The van der Waals surface area contributed by atoms with Crippen molar-refractivity contribution in [2.45, 2.75) is 111 Å². The molecule has 0 radical (unpaired) electrons. The molecule has 0 aliphatic heterocycles. The summed E-state index contributed by atoms with van der Waals surface area (Å²) in [5, 5.41) is 13.3. The number of rotatable bonds is 7. The van der Waals surface area contributed by atoms with Gasteiger partial charge in [0.15, 0.2) is 0 Å². The standard InChI is InChI=1S/C38H56N2O3/c1-7-40(8-2)33(41)24-39-38-20-9-10-30(38)27-15-16-32-36(5,29(27)18-23-38)22-19-31-35(3,4)28(17-21-37(31,32)6)25-11-13-26(14-12-25)34(42)43/h11-14,17,27,29-32,39H,7-10,15-16,18-24H2,1-6H3,(H,42,43). The number of carbonyl (C=O) groups is 2. The Bertz CT molecular complexity index is 1260. The minimum absolute atomic E-state index is 0.0460. The zero-order valence-electron chi connectivity index (χ0n) is 27.7. The molecule has 236 valence electrons. The Morgan fingerprint density at radius 3 is 2.26 bits per heavy atom. The summed E-state index contributed by atoms with van der Waals surface area (Å²) in [7, 11) is 0. The first-order chi connectivity index (χ1) is 20.4. The highest BCUT2D eigenvalue weighted by Gasteiger charge is 2.65. The highest BCUT2D eigenvalue weighted by molar-refractivity contribution is 5.88. The molecule has 0 spiro atoms. The van der Waals surface area contributed by atoms with Gasteiger partial charge in [0.1, 0.15) is 0 Å². The molecule has 5 aliphatic carbocycles. The fourth-order valence-corrected chi connectivity index (χ4v) is 12.4. The van der Waals surface area contributed by atoms with Crippen LogP contribution in [0.3, 0.4) is 0 Å². The largest absolute Gasteiger partial charge is 0.478 e. The monoisotopic (exact) mass is 588 g/mol. The molecule has 8 unspecified atom stereocenters. The summed E-state index contributed by atoms with van der Waals surface area (Å²) in [4.78, 5) is 26.4. The van der Waals surface area contributed by atoms with Crippen LogP contribution in [0.25, 0.3) is 5.57 Å². The number of carboxylic acids is 1. The first kappa shape index (κ1) is 30.9. The van der Waals surface area contributed by atoms with Crippen LogP contribution in [0.1, 0.15) is 122 Å². The van der Waals surface area contributed by atoms with Gasteiger partial charge in [-0.3, -0.25) is 4.79 Å². The van der Waals surface area contributed by atoms with Gasteiger partial charge < -0.3 is 15.3 Å². The first-order valence-electron chi connectivity index (χ1n) is 17.5. The van der Waals surface area contributed by atoms with Gasteiger partial charge in [0.05, 0.1) is 12.1 Å². The van der Waals surface area contributed by atoms with Crippen molar-refractivity contribution in [3.63, 3.8) is 0 Å². The molecule has 4 fully saturated rings. The molecule has 1 aromatic carbocycles. The smallest absolute Gasteiger partial charge is 0.335 e. The third-order valence-electron chi connectivity index (χ3n) is 14.2. The van der Waals surface area contributed by atoms with E-state index in [1.54, 1.807) is 12.1 Å². The molecular weight excluding hydrogens is 532 g/mol. The van der Waals surface area contributed by atoms with Gasteiger partial charge in [-0.15, -0.1) is 0 Å². The Morgan fingerprint density at radius 2 is 1.58 bits per heavy atom. The number of carbonyl (C=O) groups excluding carboxylic acids is 1. The lowest BCUT2D eigenvalue weighted by Crippen LogP contribution is -2.64. The van der Waals surface area contributed by atoms with E-state index >= 15 is 0 Å². The van der Waals surface area contributed by atoms with Crippen molar-refractivity contribution in [3.8, 4) is 0 Å². The number of allylic oxidation sites excluding steroid dienone is 2. The Labute approximate surface area is 260 Å². The fraction of sp³-hybridized carbons (Fsp3) is 0.737. The lowest BCUT2D eigenvalue weighted by atomic mass is 9.37. The molecule has 5 heteroatoms. The van der Waals surface area contributed by atoms with Crippen LogP contribution in [0.4, 0.5) is 0 Å². The fourth-order valence-electron chi connectivity index (χ4n) is 12.4. The first-order valence-corrected chi connectivity index (χ1v) is 17.5. The zero-order chi connectivity index (χ0) is 30.8. The maximum Gasteiger partial charge on any atom is 0.335 e. The van der Waals surface area contributed by atoms with Crippen LogP contribution in [0.2, 0.25) is 0 Å². The molecule has 43 heavy (non-hydrogen) atoms. The van der Waals surface area contributed by atoms with Gasteiger partial charge in [-0.05, 0) is 141 Å². The van der Waals surface area contributed by atoms with Gasteiger partial charge in [0.25, 0.3) is 0 Å². The number of hydrogen-bond acceptors (Lipinski definition) is 3. The second-order valence-corrected chi connectivity index (χ2v) is 16.0. The predicted octanol–water partition coefficient (Wildman–Crippen LogP) is 8.05. The number of carboxylic acid groups (broad SMARTS) is 1. The van der Waals surface area contributed by atoms with Crippen molar-refractivity contribution in [1.82, 2.24) is 10.2 Å². The number of benzene rings is 1. The molecule has 6 rings (SSSR count). The number of hydrogen-bond donors (Lipinski definition) is 2. The summed E-state index contributed by atoms with van der Waals surface area (Å²) >= 11 is 0. The Balaban J connectivity index is 1.23. The van der Waals surface area contributed by atoms with Crippen LogP contribution in [0.15, 0.2) is 30.3 Å². The van der Waals surface area contributed by atoms with Gasteiger partial charge in [0, 0.05) is 18.6 Å². The van der Waals surface area contributed by atoms with Crippen molar-refractivity contribution in [3.05, 3.63) is 41.5 Å². The van der Waals surface area contributed by atoms with E-state index < -0.39 is 5.97 Å². The molecule has 1 amide bonds. The van der Waals surface area contributed by atoms with E-state index in [4.69, 9.17) is 0 Å². The van der Waals surface area contributed by atoms with Crippen molar-refractivity contribution in [2.24, 2.45) is 45.8 Å². The lowest BCUT2D eigenvalue weighted by Gasteiger charge is -2.68. The van der Waals surface area contributed by atoms with Crippen molar-refractivity contribution in [2.75, 3.05) is 19.6 Å². The molecule has 5 nitrogen and oxygen atoms in total. The summed E-state index contributed by atoms with van der Waals surface area (Å²) in [6, 6.07) is 7.58. The van der Waals surface area contributed by atoms with Crippen LogP contribution in [0, 0.1) is 45.8 Å². The summed E-state index contributed by atoms with van der Waals surface area (Å²) in [6.07, 6.45) is 15.3. The van der Waals surface area contributed by atoms with Crippen molar-refractivity contribution < 1.29 is 14.7 Å². The predicted molar refractivity (Wildman–Crippen MR) is 174 cm³/mol. The van der Waals surface area contributed by atoms with Crippen LogP contribution in [0.5, 0.6) is 0 Å². The number of nitrogens with one attached hydrogen (secondary N) is 1. The van der Waals surface area contributed by atoms with Crippen LogP contribution in [-0.4, -0.2) is 47.1 Å². The Morgan fingerprint density at radius 1 is 0.860 bits per heavy atom. The van der Waals surface area contributed by atoms with E-state index in [-0.39, 0.29) is 22.3 Å². The molecule has 2 N–H and O–H groups in total. The number of aromatic carboxylic acids is 1. The maximum atomic E-state index is 13.0. The molecule has 5 aliphatic rings. The normalized spacial score (nSPS) is 39.5. The zero-order valence-corrected chi connectivity index (χ0v) is 27.7. The summed E-state index contributed by atoms with van der Waals surface area (Å²) in [5.41, 5.74) is 3.82. The quantitative estimate of drug-likeness (QED) is 0.338. The molecule has 0 saturated heterocycles. The van der Waals surface area contributed by atoms with Gasteiger partial charge in [-0.2, -0.15) is 0 Å². The van der Waals surface area contributed by atoms with Crippen molar-refractivity contribution >= 4 is 17.4 Å². The third-order valence-corrected chi connectivity index (χ3v) is 14.2. The van der Waals surface area contributed by atoms with Crippen LogP contribution in [-0.2, 0) is 4.79 Å². The summed E-state index contributed by atoms with van der Waals surface area (Å²) in [5.74, 6) is 3.04. The molecular formula is C38H56N2O3. The van der Waals surface area contributed by atoms with E-state index in [9.17, 15) is 14.7 Å². The van der Waals surface area contributed by atoms with Crippen LogP contribution >= 0.6 is 0 Å². The van der Waals surface area contributed by atoms with Gasteiger partial charge in [-0.1, -0.05) is 52.3 Å². The third kappa shape index (κ3) is 4.73. The second-order valence-electron chi connectivity index (χ2n) is 16.0. The van der Waals surface area contributed by atoms with Crippen molar-refractivity contribution in [1.29, 1.82) is 0 Å². The molecule has 0 heterocycles. The average Bonchev–Trinajstić information content (AvgIpc) is 3.41. The van der Waals surface area contributed by atoms with E-state index in [1.165, 1.54) is 68.9 Å². The van der Waals surface area contributed by atoms with Crippen LogP contribution < -0.4 is 5.32 Å². The van der Waals surface area contributed by atoms with Gasteiger partial charge >= 0.3 is 5.97 Å². The van der Waals surface area contributed by atoms with E-state index in [2.05, 4.69) is 52.9 Å². The lowest BCUT2D eigenvalue weighted by molar-refractivity contribution is -0.173. The van der Waals surface area contributed by atoms with E-state index in [0.29, 0.717) is 29.4 Å². The number of likely N-dealkylation sites (N-methyl/N-ethyl adjacent to an activating group) is 1. The highest BCUT2D eigenvalue weighted by Crippen LogP contribution is 2.72. The number of fused-ring (bicyclic) bond motifs is 7. The summed E-state index contributed by atoms with van der Waals surface area (Å²) in [6.45, 7) is 16.5. The topological polar surface area (TPSA) is 69.6 Å². The minimum atomic E-state index is -0.861. The number of amides is 1. The maximum absolute atomic E-state index is 13.0. The summed E-state index contributed by atoms with van der Waals surface area (Å²) < 4.78 is 0. The average molecular weight is 589 g/mol. The molecule has 0 bridgehead atoms. The molecule has 8 atom stereocenters. The second kappa shape index (κ2) is 11.0. The molecule has 4 saturated carbocycles.